The van der Waals surface area contributed by atoms with Crippen LogP contribution in [0.1, 0.15) is 45.2 Å². The maximum absolute atomic E-state index is 9.14. The zero-order chi connectivity index (χ0) is 20.9. The predicted octanol–water partition coefficient (Wildman–Crippen LogP) is 5.39. The minimum Gasteiger partial charge on any atom is -0.462 e. The molecule has 2 heterocycles. The molecule has 2 fully saturated rings. The quantitative estimate of drug-likeness (QED) is 0.616. The lowest BCUT2D eigenvalue weighted by Crippen LogP contribution is -2.53. The molecular weight excluding hydrogens is 390 g/mol. The maximum atomic E-state index is 9.14. The molecule has 2 aliphatic heterocycles. The highest BCUT2D eigenvalue weighted by Crippen LogP contribution is 2.44. The summed E-state index contributed by atoms with van der Waals surface area (Å²) >= 11 is 6.30. The van der Waals surface area contributed by atoms with Crippen molar-refractivity contribution in [1.29, 1.82) is 5.26 Å². The van der Waals surface area contributed by atoms with Crippen molar-refractivity contribution in [3.8, 4) is 6.07 Å². The van der Waals surface area contributed by atoms with Crippen molar-refractivity contribution in [3.05, 3.63) is 28.3 Å². The molecule has 0 N–H and O–H groups in total. The summed E-state index contributed by atoms with van der Waals surface area (Å²) in [6.07, 6.45) is 1.10. The molecule has 0 amide bonds. The lowest BCUT2D eigenvalue weighted by Gasteiger charge is -2.42. The first-order valence-electron chi connectivity index (χ1n) is 9.77. The zero-order valence-electron chi connectivity index (χ0n) is 17.9. The number of nitriles is 1. The second-order valence-electron chi connectivity index (χ2n) is 9.53. The van der Waals surface area contributed by atoms with E-state index in [0.29, 0.717) is 23.2 Å². The van der Waals surface area contributed by atoms with Crippen LogP contribution in [0.2, 0.25) is 23.2 Å². The van der Waals surface area contributed by atoms with Gasteiger partial charge in [-0.2, -0.15) is 10.3 Å². The number of rotatable bonds is 3. The van der Waals surface area contributed by atoms with E-state index in [1.54, 1.807) is 6.07 Å². The number of benzene rings is 1. The topological polar surface area (TPSA) is 57.9 Å². The zero-order valence-corrected chi connectivity index (χ0v) is 19.6. The van der Waals surface area contributed by atoms with E-state index < -0.39 is 8.32 Å². The molecule has 0 spiro atoms. The Morgan fingerprint density at radius 2 is 2.07 bits per heavy atom. The van der Waals surface area contributed by atoms with Gasteiger partial charge >= 0.3 is 0 Å². The van der Waals surface area contributed by atoms with Crippen LogP contribution >= 0.6 is 11.6 Å². The van der Waals surface area contributed by atoms with E-state index in [1.807, 2.05) is 13.0 Å². The summed E-state index contributed by atoms with van der Waals surface area (Å²) < 4.78 is 12.8. The Hall–Kier alpha value is -1.55. The van der Waals surface area contributed by atoms with Crippen molar-refractivity contribution >= 4 is 31.6 Å². The molecule has 1 aromatic carbocycles. The SMILES string of the molecule is Cc1c(N=C2OC[C@@]3(C)[C@@H](O[Si](C)(C)C(C)(C)C)CCN23)ccc(C#N)c1Cl. The monoisotopic (exact) mass is 419 g/mol. The van der Waals surface area contributed by atoms with Crippen LogP contribution in [-0.2, 0) is 9.16 Å². The maximum Gasteiger partial charge on any atom is 0.293 e. The van der Waals surface area contributed by atoms with Gasteiger partial charge in [0, 0.05) is 6.54 Å². The fourth-order valence-corrected chi connectivity index (χ4v) is 5.20. The van der Waals surface area contributed by atoms with Gasteiger partial charge in [0.1, 0.15) is 18.2 Å². The van der Waals surface area contributed by atoms with Crippen LogP contribution in [-0.4, -0.2) is 44.0 Å². The van der Waals surface area contributed by atoms with Crippen LogP contribution in [0.4, 0.5) is 5.69 Å². The second-order valence-corrected chi connectivity index (χ2v) is 14.7. The van der Waals surface area contributed by atoms with Gasteiger partial charge in [0.15, 0.2) is 8.32 Å². The molecule has 0 saturated carbocycles. The van der Waals surface area contributed by atoms with Gasteiger partial charge in [0.25, 0.3) is 6.02 Å². The summed E-state index contributed by atoms with van der Waals surface area (Å²) in [5.41, 5.74) is 1.78. The summed E-state index contributed by atoms with van der Waals surface area (Å²) in [4.78, 5) is 6.98. The summed E-state index contributed by atoms with van der Waals surface area (Å²) in [5.74, 6) is 0. The number of fused-ring (bicyclic) bond motifs is 1. The fourth-order valence-electron chi connectivity index (χ4n) is 3.56. The minimum absolute atomic E-state index is 0.131. The molecule has 1 aromatic rings. The Morgan fingerprint density at radius 1 is 1.39 bits per heavy atom. The smallest absolute Gasteiger partial charge is 0.293 e. The van der Waals surface area contributed by atoms with Gasteiger partial charge in [-0.1, -0.05) is 32.4 Å². The third-order valence-corrected chi connectivity index (χ3v) is 11.6. The van der Waals surface area contributed by atoms with Crippen molar-refractivity contribution in [3.63, 3.8) is 0 Å². The number of hydrogen-bond acceptors (Lipinski definition) is 4. The normalized spacial score (nSPS) is 26.3. The van der Waals surface area contributed by atoms with Crippen molar-refractivity contribution in [2.75, 3.05) is 13.2 Å². The highest BCUT2D eigenvalue weighted by Gasteiger charge is 2.55. The standard InChI is InChI=1S/C21H30ClN3O2Si/c1-14-16(9-8-15(12-23)18(14)22)24-19-25-11-10-17(21(25,5)13-26-19)27-28(6,7)20(2,3)4/h8-9,17H,10-11,13H2,1-7H3/t17-,21-/m0/s1. The van der Waals surface area contributed by atoms with Gasteiger partial charge in [-0.15, -0.1) is 0 Å². The molecule has 0 radical (unpaired) electrons. The van der Waals surface area contributed by atoms with Crippen LogP contribution in [0.5, 0.6) is 0 Å². The van der Waals surface area contributed by atoms with Crippen LogP contribution in [0, 0.1) is 18.3 Å². The van der Waals surface area contributed by atoms with Crippen LogP contribution in [0.3, 0.4) is 0 Å². The molecule has 28 heavy (non-hydrogen) atoms. The molecule has 2 aliphatic rings. The third kappa shape index (κ3) is 3.45. The van der Waals surface area contributed by atoms with E-state index in [-0.39, 0.29) is 16.7 Å². The molecule has 2 atom stereocenters. The van der Waals surface area contributed by atoms with Crippen molar-refractivity contribution in [2.45, 2.75) is 70.8 Å². The Balaban J connectivity index is 1.86. The molecule has 0 aromatic heterocycles. The van der Waals surface area contributed by atoms with Gasteiger partial charge in [0.05, 0.1) is 22.4 Å². The molecule has 152 valence electrons. The number of halogens is 1. The van der Waals surface area contributed by atoms with Crippen LogP contribution < -0.4 is 0 Å². The Kier molecular flexibility index (Phi) is 5.33. The molecule has 7 heteroatoms. The van der Waals surface area contributed by atoms with Gasteiger partial charge in [0.2, 0.25) is 0 Å². The highest BCUT2D eigenvalue weighted by atomic mass is 35.5. The Labute approximate surface area is 174 Å². The molecule has 0 bridgehead atoms. The molecule has 5 nitrogen and oxygen atoms in total. The molecule has 0 unspecified atom stereocenters. The second kappa shape index (κ2) is 7.05. The summed E-state index contributed by atoms with van der Waals surface area (Å²) in [5, 5.41) is 9.76. The van der Waals surface area contributed by atoms with E-state index in [1.165, 1.54) is 0 Å². The van der Waals surface area contributed by atoms with Crippen LogP contribution in [0.15, 0.2) is 17.1 Å². The lowest BCUT2D eigenvalue weighted by atomic mass is 9.98. The first-order valence-corrected chi connectivity index (χ1v) is 13.1. The largest absolute Gasteiger partial charge is 0.462 e. The molecular formula is C21H30ClN3O2Si. The highest BCUT2D eigenvalue weighted by molar-refractivity contribution is 6.74. The van der Waals surface area contributed by atoms with E-state index in [2.05, 4.69) is 51.8 Å². The van der Waals surface area contributed by atoms with Crippen molar-refractivity contribution < 1.29 is 9.16 Å². The lowest BCUT2D eigenvalue weighted by molar-refractivity contribution is 0.0794. The number of aliphatic imine (C=N–C) groups is 1. The van der Waals surface area contributed by atoms with E-state index in [0.717, 1.165) is 24.2 Å². The Bertz CT molecular complexity index is 856. The first-order chi connectivity index (χ1) is 12.9. The van der Waals surface area contributed by atoms with E-state index >= 15 is 0 Å². The molecule has 2 saturated heterocycles. The summed E-state index contributed by atoms with van der Waals surface area (Å²) in [6, 6.07) is 6.25. The third-order valence-electron chi connectivity index (χ3n) is 6.59. The minimum atomic E-state index is -1.87. The Morgan fingerprint density at radius 3 is 2.68 bits per heavy atom. The van der Waals surface area contributed by atoms with Gasteiger partial charge < -0.3 is 14.1 Å². The average Bonchev–Trinajstić information content (AvgIpc) is 3.07. The van der Waals surface area contributed by atoms with Crippen LogP contribution in [0.25, 0.3) is 0 Å². The predicted molar refractivity (Wildman–Crippen MR) is 116 cm³/mol. The number of amidine groups is 1. The summed E-state index contributed by atoms with van der Waals surface area (Å²) in [7, 11) is -1.87. The molecule has 0 aliphatic carbocycles. The number of ether oxygens (including phenoxy) is 1. The first kappa shape index (κ1) is 21.2. The van der Waals surface area contributed by atoms with Gasteiger partial charge in [-0.05, 0) is 56.1 Å². The number of hydrogen-bond donors (Lipinski definition) is 0. The van der Waals surface area contributed by atoms with Gasteiger partial charge in [-0.3, -0.25) is 0 Å². The fraction of sp³-hybridized carbons (Fsp3) is 0.619. The van der Waals surface area contributed by atoms with Gasteiger partial charge in [-0.25, -0.2) is 0 Å². The van der Waals surface area contributed by atoms with Crippen molar-refractivity contribution in [1.82, 2.24) is 4.90 Å². The average molecular weight is 420 g/mol. The summed E-state index contributed by atoms with van der Waals surface area (Å²) in [6.45, 7) is 16.9. The van der Waals surface area contributed by atoms with E-state index in [4.69, 9.17) is 31.0 Å². The van der Waals surface area contributed by atoms with Crippen molar-refractivity contribution in [2.24, 2.45) is 4.99 Å². The van der Waals surface area contributed by atoms with E-state index in [9.17, 15) is 0 Å². The molecule has 3 rings (SSSR count). The number of nitrogens with zero attached hydrogens (tertiary/aromatic N) is 3.